The lowest BCUT2D eigenvalue weighted by atomic mass is 9.95. The Balaban J connectivity index is 2.56. The summed E-state index contributed by atoms with van der Waals surface area (Å²) in [6, 6.07) is 0.123. The Morgan fingerprint density at radius 2 is 2.12 bits per heavy atom. The van der Waals surface area contributed by atoms with Crippen molar-refractivity contribution in [2.75, 3.05) is 6.61 Å². The minimum atomic E-state index is 0.123. The van der Waals surface area contributed by atoms with Gasteiger partial charge in [0, 0.05) is 6.61 Å². The van der Waals surface area contributed by atoms with Crippen LogP contribution in [0.25, 0.3) is 0 Å². The molecule has 16 heavy (non-hydrogen) atoms. The Labute approximate surface area is 100 Å². The highest BCUT2D eigenvalue weighted by molar-refractivity contribution is 5.13. The molecule has 1 aliphatic rings. The maximum absolute atomic E-state index is 6.34. The molecule has 1 aliphatic carbocycles. The standard InChI is InChI=1S/C14H27NO/c1-3-9-13(16-4-2)14(15)12-10-7-5-6-8-11-12/h10,13-14H,3-9,11,15H2,1-2H3. The summed E-state index contributed by atoms with van der Waals surface area (Å²) in [5.74, 6) is 0. The van der Waals surface area contributed by atoms with Gasteiger partial charge in [0.05, 0.1) is 12.1 Å². The Kier molecular flexibility index (Phi) is 6.74. The van der Waals surface area contributed by atoms with E-state index in [4.69, 9.17) is 10.5 Å². The molecule has 0 bridgehead atoms. The molecule has 2 unspecified atom stereocenters. The summed E-state index contributed by atoms with van der Waals surface area (Å²) >= 11 is 0. The van der Waals surface area contributed by atoms with Gasteiger partial charge in [-0.25, -0.2) is 0 Å². The van der Waals surface area contributed by atoms with Crippen molar-refractivity contribution in [3.8, 4) is 0 Å². The molecule has 0 fully saturated rings. The van der Waals surface area contributed by atoms with Crippen LogP contribution in [-0.4, -0.2) is 18.8 Å². The predicted octanol–water partition coefficient (Wildman–Crippen LogP) is 3.41. The van der Waals surface area contributed by atoms with Gasteiger partial charge < -0.3 is 10.5 Å². The molecular weight excluding hydrogens is 198 g/mol. The third-order valence-electron chi connectivity index (χ3n) is 3.36. The first kappa shape index (κ1) is 13.7. The average Bonchev–Trinajstić information content (AvgIpc) is 2.56. The van der Waals surface area contributed by atoms with E-state index in [1.807, 2.05) is 0 Å². The molecule has 0 aromatic carbocycles. The number of rotatable bonds is 6. The van der Waals surface area contributed by atoms with Gasteiger partial charge in [0.25, 0.3) is 0 Å². The lowest BCUT2D eigenvalue weighted by Gasteiger charge is -2.25. The first-order valence-corrected chi connectivity index (χ1v) is 6.85. The van der Waals surface area contributed by atoms with Gasteiger partial charge in [0.15, 0.2) is 0 Å². The van der Waals surface area contributed by atoms with Gasteiger partial charge in [0.1, 0.15) is 0 Å². The van der Waals surface area contributed by atoms with Crippen molar-refractivity contribution in [2.24, 2.45) is 5.73 Å². The van der Waals surface area contributed by atoms with Crippen molar-refractivity contribution >= 4 is 0 Å². The average molecular weight is 225 g/mol. The van der Waals surface area contributed by atoms with E-state index < -0.39 is 0 Å². The molecule has 0 saturated heterocycles. The van der Waals surface area contributed by atoms with Crippen LogP contribution in [0.1, 0.15) is 58.8 Å². The van der Waals surface area contributed by atoms with Crippen LogP contribution in [0.2, 0.25) is 0 Å². The normalized spacial score (nSPS) is 21.1. The summed E-state index contributed by atoms with van der Waals surface area (Å²) in [6.45, 7) is 5.02. The molecule has 0 radical (unpaired) electrons. The van der Waals surface area contributed by atoms with Gasteiger partial charge in [-0.2, -0.15) is 0 Å². The molecule has 0 amide bonds. The number of hydrogen-bond donors (Lipinski definition) is 1. The molecule has 2 nitrogen and oxygen atoms in total. The van der Waals surface area contributed by atoms with Crippen LogP contribution < -0.4 is 5.73 Å². The molecule has 1 rings (SSSR count). The molecule has 0 saturated carbocycles. The maximum atomic E-state index is 6.34. The molecule has 94 valence electrons. The van der Waals surface area contributed by atoms with Crippen molar-refractivity contribution in [3.63, 3.8) is 0 Å². The second-order valence-corrected chi connectivity index (χ2v) is 4.69. The fourth-order valence-corrected chi connectivity index (χ4v) is 2.45. The minimum absolute atomic E-state index is 0.123. The second-order valence-electron chi connectivity index (χ2n) is 4.69. The van der Waals surface area contributed by atoms with E-state index in [2.05, 4.69) is 19.9 Å². The van der Waals surface area contributed by atoms with Crippen molar-refractivity contribution in [1.82, 2.24) is 0 Å². The van der Waals surface area contributed by atoms with E-state index in [9.17, 15) is 0 Å². The summed E-state index contributed by atoms with van der Waals surface area (Å²) in [5.41, 5.74) is 7.78. The molecule has 2 N–H and O–H groups in total. The highest BCUT2D eigenvalue weighted by atomic mass is 16.5. The van der Waals surface area contributed by atoms with Gasteiger partial charge in [-0.3, -0.25) is 0 Å². The van der Waals surface area contributed by atoms with Gasteiger partial charge in [-0.1, -0.05) is 31.4 Å². The highest BCUT2D eigenvalue weighted by Gasteiger charge is 2.21. The van der Waals surface area contributed by atoms with Crippen LogP contribution in [0.15, 0.2) is 11.6 Å². The zero-order chi connectivity index (χ0) is 11.8. The summed E-state index contributed by atoms with van der Waals surface area (Å²) in [5, 5.41) is 0. The van der Waals surface area contributed by atoms with E-state index in [0.717, 1.165) is 19.4 Å². The predicted molar refractivity (Wildman–Crippen MR) is 69.5 cm³/mol. The molecule has 0 aliphatic heterocycles. The SMILES string of the molecule is CCCC(OCC)C(N)C1=CCCCCC1. The number of hydrogen-bond acceptors (Lipinski definition) is 2. The monoisotopic (exact) mass is 225 g/mol. The number of ether oxygens (including phenoxy) is 1. The lowest BCUT2D eigenvalue weighted by Crippen LogP contribution is -2.38. The molecule has 2 atom stereocenters. The van der Waals surface area contributed by atoms with Gasteiger partial charge in [-0.15, -0.1) is 0 Å². The van der Waals surface area contributed by atoms with E-state index in [-0.39, 0.29) is 12.1 Å². The van der Waals surface area contributed by atoms with Crippen LogP contribution in [0.3, 0.4) is 0 Å². The largest absolute Gasteiger partial charge is 0.377 e. The zero-order valence-corrected chi connectivity index (χ0v) is 10.9. The summed E-state index contributed by atoms with van der Waals surface area (Å²) in [4.78, 5) is 0. The van der Waals surface area contributed by atoms with E-state index in [1.54, 1.807) is 0 Å². The fourth-order valence-electron chi connectivity index (χ4n) is 2.45. The Morgan fingerprint density at radius 1 is 1.31 bits per heavy atom. The lowest BCUT2D eigenvalue weighted by molar-refractivity contribution is 0.0447. The maximum Gasteiger partial charge on any atom is 0.0764 e. The Morgan fingerprint density at radius 3 is 2.81 bits per heavy atom. The smallest absolute Gasteiger partial charge is 0.0764 e. The number of allylic oxidation sites excluding steroid dienone is 1. The highest BCUT2D eigenvalue weighted by Crippen LogP contribution is 2.22. The second kappa shape index (κ2) is 7.86. The van der Waals surface area contributed by atoms with Crippen LogP contribution in [-0.2, 0) is 4.74 Å². The zero-order valence-electron chi connectivity index (χ0n) is 10.9. The molecular formula is C14H27NO. The minimum Gasteiger partial charge on any atom is -0.377 e. The van der Waals surface area contributed by atoms with Crippen molar-refractivity contribution in [2.45, 2.75) is 70.9 Å². The van der Waals surface area contributed by atoms with Crippen LogP contribution in [0.4, 0.5) is 0 Å². The van der Waals surface area contributed by atoms with Crippen LogP contribution in [0, 0.1) is 0 Å². The molecule has 0 heterocycles. The molecule has 0 aromatic heterocycles. The quantitative estimate of drug-likeness (QED) is 0.703. The van der Waals surface area contributed by atoms with Gasteiger partial charge in [0.2, 0.25) is 0 Å². The van der Waals surface area contributed by atoms with E-state index >= 15 is 0 Å². The van der Waals surface area contributed by atoms with E-state index in [0.29, 0.717) is 0 Å². The van der Waals surface area contributed by atoms with Crippen molar-refractivity contribution < 1.29 is 4.74 Å². The van der Waals surface area contributed by atoms with Gasteiger partial charge >= 0.3 is 0 Å². The third kappa shape index (κ3) is 4.26. The molecule has 0 aromatic rings. The first-order valence-electron chi connectivity index (χ1n) is 6.85. The summed E-state index contributed by atoms with van der Waals surface area (Å²) in [7, 11) is 0. The van der Waals surface area contributed by atoms with E-state index in [1.165, 1.54) is 37.7 Å². The summed E-state index contributed by atoms with van der Waals surface area (Å²) in [6.07, 6.45) is 11.1. The van der Waals surface area contributed by atoms with Crippen molar-refractivity contribution in [3.05, 3.63) is 11.6 Å². The topological polar surface area (TPSA) is 35.2 Å². The van der Waals surface area contributed by atoms with Crippen LogP contribution >= 0.6 is 0 Å². The van der Waals surface area contributed by atoms with Gasteiger partial charge in [-0.05, 0) is 39.0 Å². The molecule has 0 spiro atoms. The molecule has 2 heteroatoms. The first-order chi connectivity index (χ1) is 7.79. The third-order valence-corrected chi connectivity index (χ3v) is 3.36. The summed E-state index contributed by atoms with van der Waals surface area (Å²) < 4.78 is 5.77. The Hall–Kier alpha value is -0.340. The Bertz CT molecular complexity index is 207. The number of nitrogens with two attached hydrogens (primary N) is 1. The fraction of sp³-hybridized carbons (Fsp3) is 0.857. The van der Waals surface area contributed by atoms with Crippen LogP contribution in [0.5, 0.6) is 0 Å². The van der Waals surface area contributed by atoms with Crippen molar-refractivity contribution in [1.29, 1.82) is 0 Å².